The lowest BCUT2D eigenvalue weighted by Gasteiger charge is -2.21. The molecule has 0 aromatic rings. The molecule has 0 aromatic heterocycles. The van der Waals surface area contributed by atoms with Crippen LogP contribution < -0.4 is 0 Å². The van der Waals surface area contributed by atoms with E-state index in [-0.39, 0.29) is 25.7 Å². The van der Waals surface area contributed by atoms with E-state index in [0.717, 1.165) is 108 Å². The molecule has 0 aliphatic carbocycles. The van der Waals surface area contributed by atoms with Crippen LogP contribution in [-0.2, 0) is 65.4 Å². The molecule has 0 fully saturated rings. The van der Waals surface area contributed by atoms with Gasteiger partial charge in [0.2, 0.25) is 0 Å². The maximum absolute atomic E-state index is 13.1. The molecular formula is C79H154O17P2. The van der Waals surface area contributed by atoms with Gasteiger partial charge in [0.1, 0.15) is 19.3 Å². The minimum absolute atomic E-state index is 0.103. The molecule has 0 saturated heterocycles. The number of hydrogen-bond acceptors (Lipinski definition) is 15. The molecule has 582 valence electrons. The molecule has 0 heterocycles. The molecule has 0 saturated carbocycles. The highest BCUT2D eigenvalue weighted by atomic mass is 31.2. The fourth-order valence-corrected chi connectivity index (χ4v) is 13.7. The average Bonchev–Trinajstić information content (AvgIpc) is 0.992. The first kappa shape index (κ1) is 96.1. The summed E-state index contributed by atoms with van der Waals surface area (Å²) < 4.78 is 68.6. The van der Waals surface area contributed by atoms with Gasteiger partial charge in [-0.3, -0.25) is 37.3 Å². The number of esters is 4. The molecule has 98 heavy (non-hydrogen) atoms. The fraction of sp³-hybridized carbons (Fsp3) is 0.949. The van der Waals surface area contributed by atoms with E-state index in [2.05, 4.69) is 48.5 Å². The Morgan fingerprint density at radius 1 is 0.276 bits per heavy atom. The first-order valence-electron chi connectivity index (χ1n) is 40.8. The summed E-state index contributed by atoms with van der Waals surface area (Å²) in [7, 11) is -9.91. The Hall–Kier alpha value is -1.94. The second-order valence-corrected chi connectivity index (χ2v) is 32.8. The van der Waals surface area contributed by atoms with Crippen molar-refractivity contribution >= 4 is 39.5 Å². The van der Waals surface area contributed by atoms with E-state index in [4.69, 9.17) is 37.0 Å². The van der Waals surface area contributed by atoms with E-state index in [1.807, 2.05) is 0 Å². The lowest BCUT2D eigenvalue weighted by Crippen LogP contribution is -2.30. The predicted molar refractivity (Wildman–Crippen MR) is 400 cm³/mol. The van der Waals surface area contributed by atoms with Crippen LogP contribution >= 0.6 is 15.6 Å². The number of phosphoric ester groups is 2. The van der Waals surface area contributed by atoms with Crippen molar-refractivity contribution in [3.05, 3.63) is 0 Å². The molecule has 0 amide bonds. The topological polar surface area (TPSA) is 237 Å². The third kappa shape index (κ3) is 72.4. The summed E-state index contributed by atoms with van der Waals surface area (Å²) in [6, 6.07) is 0. The Balaban J connectivity index is 5.20. The number of carbonyl (C=O) groups is 4. The minimum Gasteiger partial charge on any atom is -0.462 e. The van der Waals surface area contributed by atoms with Crippen LogP contribution in [0.4, 0.5) is 0 Å². The third-order valence-corrected chi connectivity index (χ3v) is 20.3. The first-order chi connectivity index (χ1) is 47.2. The summed E-state index contributed by atoms with van der Waals surface area (Å²) in [6.45, 7) is 11.8. The molecule has 2 unspecified atom stereocenters. The quantitative estimate of drug-likeness (QED) is 0.0222. The number of aliphatic hydroxyl groups is 1. The van der Waals surface area contributed by atoms with Crippen LogP contribution in [0.25, 0.3) is 0 Å². The fourth-order valence-electron chi connectivity index (χ4n) is 12.1. The summed E-state index contributed by atoms with van der Waals surface area (Å²) in [4.78, 5) is 72.8. The second kappa shape index (κ2) is 69.4. The maximum Gasteiger partial charge on any atom is 0.472 e. The summed E-state index contributed by atoms with van der Waals surface area (Å²) >= 11 is 0. The van der Waals surface area contributed by atoms with Gasteiger partial charge < -0.3 is 33.8 Å². The van der Waals surface area contributed by atoms with Crippen LogP contribution in [0.1, 0.15) is 408 Å². The highest BCUT2D eigenvalue weighted by molar-refractivity contribution is 7.47. The Kier molecular flexibility index (Phi) is 68.1. The van der Waals surface area contributed by atoms with Gasteiger partial charge in [0.25, 0.3) is 0 Å². The van der Waals surface area contributed by atoms with Crippen LogP contribution in [0, 0.1) is 17.8 Å². The Labute approximate surface area is 600 Å². The Bertz CT molecular complexity index is 1900. The SMILES string of the molecule is CCCCCCCCCCCCCCCCCCCC(=O)OC[C@H](COP(=O)(O)OC[C@@H](O)COP(=O)(O)OC[C@@H](COC(=O)CCCCCCCCC(C)C)OC(=O)CCCCCCCCCCC(C)C)OC(=O)CCCCCCCCCCCCCCCCCCCCC(C)C. The zero-order valence-electron chi connectivity index (χ0n) is 64.3. The smallest absolute Gasteiger partial charge is 0.462 e. The van der Waals surface area contributed by atoms with Crippen molar-refractivity contribution in [3.63, 3.8) is 0 Å². The number of unbranched alkanes of at least 4 members (excludes halogenated alkanes) is 45. The molecule has 0 spiro atoms. The monoisotopic (exact) mass is 1440 g/mol. The zero-order valence-corrected chi connectivity index (χ0v) is 66.0. The van der Waals surface area contributed by atoms with Crippen LogP contribution in [0.5, 0.6) is 0 Å². The summed E-state index contributed by atoms with van der Waals surface area (Å²) in [5, 5.41) is 10.6. The number of ether oxygens (including phenoxy) is 4. The second-order valence-electron chi connectivity index (χ2n) is 29.9. The normalized spacial score (nSPS) is 14.0. The standard InChI is InChI=1S/C79H154O17P2/c1-8-9-10-11-12-13-14-15-16-19-23-26-29-32-38-46-53-60-76(81)89-66-74(95-78(83)62-55-48-39-33-30-27-24-21-18-17-20-22-25-28-31-36-43-50-57-70(2)3)68-93-97(85,86)91-64-73(80)65-92-98(87,88)94-69-75(67-90-77(82)61-54-47-42-41-45-52-59-72(6)7)96-79(84)63-56-49-40-35-34-37-44-51-58-71(4)5/h70-75,80H,8-69H2,1-7H3,(H,85,86)(H,87,88)/t73-,74-,75-/m1/s1. The van der Waals surface area contributed by atoms with Crippen LogP contribution in [0.2, 0.25) is 0 Å². The van der Waals surface area contributed by atoms with E-state index in [0.29, 0.717) is 31.6 Å². The summed E-state index contributed by atoms with van der Waals surface area (Å²) in [6.07, 6.45) is 57.3. The van der Waals surface area contributed by atoms with Crippen LogP contribution in [0.15, 0.2) is 0 Å². The molecule has 0 radical (unpaired) electrons. The number of hydrogen-bond donors (Lipinski definition) is 3. The van der Waals surface area contributed by atoms with Crippen molar-refractivity contribution in [1.82, 2.24) is 0 Å². The molecule has 0 bridgehead atoms. The van der Waals surface area contributed by atoms with E-state index in [9.17, 15) is 43.2 Å². The van der Waals surface area contributed by atoms with Crippen molar-refractivity contribution in [3.8, 4) is 0 Å². The van der Waals surface area contributed by atoms with Crippen molar-refractivity contribution in [1.29, 1.82) is 0 Å². The van der Waals surface area contributed by atoms with Gasteiger partial charge in [-0.05, 0) is 43.4 Å². The van der Waals surface area contributed by atoms with Gasteiger partial charge in [0, 0.05) is 25.7 Å². The first-order valence-corrected chi connectivity index (χ1v) is 43.8. The molecular weight excluding hydrogens is 1280 g/mol. The van der Waals surface area contributed by atoms with Gasteiger partial charge in [-0.25, -0.2) is 9.13 Å². The van der Waals surface area contributed by atoms with E-state index < -0.39 is 97.5 Å². The average molecular weight is 1440 g/mol. The van der Waals surface area contributed by atoms with Crippen LogP contribution in [0.3, 0.4) is 0 Å². The molecule has 17 nitrogen and oxygen atoms in total. The number of rotatable bonds is 77. The molecule has 19 heteroatoms. The van der Waals surface area contributed by atoms with Gasteiger partial charge in [-0.1, -0.05) is 357 Å². The predicted octanol–water partition coefficient (Wildman–Crippen LogP) is 23.4. The number of phosphoric acid groups is 2. The highest BCUT2D eigenvalue weighted by Gasteiger charge is 2.30. The summed E-state index contributed by atoms with van der Waals surface area (Å²) in [5.41, 5.74) is 0. The molecule has 5 atom stereocenters. The molecule has 3 N–H and O–H groups in total. The van der Waals surface area contributed by atoms with Gasteiger partial charge in [-0.2, -0.15) is 0 Å². The Morgan fingerprint density at radius 2 is 0.469 bits per heavy atom. The van der Waals surface area contributed by atoms with E-state index in [1.165, 1.54) is 212 Å². The van der Waals surface area contributed by atoms with Gasteiger partial charge in [0.15, 0.2) is 12.2 Å². The number of carbonyl (C=O) groups excluding carboxylic acids is 4. The van der Waals surface area contributed by atoms with Gasteiger partial charge in [-0.15, -0.1) is 0 Å². The molecule has 0 aliphatic rings. The van der Waals surface area contributed by atoms with E-state index >= 15 is 0 Å². The molecule has 0 rings (SSSR count). The molecule has 0 aromatic carbocycles. The minimum atomic E-state index is -4.96. The van der Waals surface area contributed by atoms with Gasteiger partial charge in [0.05, 0.1) is 26.4 Å². The third-order valence-electron chi connectivity index (χ3n) is 18.4. The zero-order chi connectivity index (χ0) is 72.3. The largest absolute Gasteiger partial charge is 0.472 e. The number of aliphatic hydroxyl groups excluding tert-OH is 1. The van der Waals surface area contributed by atoms with Crippen molar-refractivity contribution in [2.45, 2.75) is 426 Å². The molecule has 0 aliphatic heterocycles. The highest BCUT2D eigenvalue weighted by Crippen LogP contribution is 2.45. The van der Waals surface area contributed by atoms with Crippen molar-refractivity contribution in [2.24, 2.45) is 17.8 Å². The van der Waals surface area contributed by atoms with Crippen molar-refractivity contribution < 1.29 is 80.2 Å². The lowest BCUT2D eigenvalue weighted by atomic mass is 10.0. The van der Waals surface area contributed by atoms with Crippen LogP contribution in [-0.4, -0.2) is 96.7 Å². The maximum atomic E-state index is 13.1. The summed E-state index contributed by atoms with van der Waals surface area (Å²) in [5.74, 6) is 0.0998. The lowest BCUT2D eigenvalue weighted by molar-refractivity contribution is -0.161. The van der Waals surface area contributed by atoms with Crippen molar-refractivity contribution in [2.75, 3.05) is 39.6 Å². The Morgan fingerprint density at radius 3 is 0.694 bits per heavy atom. The van der Waals surface area contributed by atoms with Gasteiger partial charge >= 0.3 is 39.5 Å². The van der Waals surface area contributed by atoms with E-state index in [1.54, 1.807) is 0 Å².